The fourth-order valence-corrected chi connectivity index (χ4v) is 2.42. The minimum atomic E-state index is 0.101. The van der Waals surface area contributed by atoms with Crippen LogP contribution in [-0.2, 0) is 0 Å². The lowest BCUT2D eigenvalue weighted by Gasteiger charge is -2.45. The summed E-state index contributed by atoms with van der Waals surface area (Å²) in [6.45, 7) is 9.21. The summed E-state index contributed by atoms with van der Waals surface area (Å²) in [6, 6.07) is 0. The lowest BCUT2D eigenvalue weighted by Crippen LogP contribution is -2.49. The molecule has 2 atom stereocenters. The molecule has 0 aromatic carbocycles. The van der Waals surface area contributed by atoms with Crippen LogP contribution in [0.25, 0.3) is 0 Å². The molecule has 0 bridgehead atoms. The molecule has 1 nitrogen and oxygen atoms in total. The number of nitrogens with two attached hydrogens (primary N) is 1. The minimum Gasteiger partial charge on any atom is -0.325 e. The summed E-state index contributed by atoms with van der Waals surface area (Å²) < 4.78 is 0. The van der Waals surface area contributed by atoms with Crippen molar-refractivity contribution >= 4 is 0 Å². The molecule has 72 valence electrons. The Morgan fingerprint density at radius 1 is 1.25 bits per heavy atom. The van der Waals surface area contributed by atoms with E-state index in [9.17, 15) is 0 Å². The fraction of sp³-hybridized carbons (Fsp3) is 1.00. The van der Waals surface area contributed by atoms with E-state index >= 15 is 0 Å². The standard InChI is InChI=1S/C11H23N/c1-5-9-8-10(2,3)6-7-11(9,4)12/h9H,5-8,12H2,1-4H3/t9-,11+/m1/s1. The van der Waals surface area contributed by atoms with Gasteiger partial charge in [0.1, 0.15) is 0 Å². The summed E-state index contributed by atoms with van der Waals surface area (Å²) in [4.78, 5) is 0. The van der Waals surface area contributed by atoms with Gasteiger partial charge in [-0.2, -0.15) is 0 Å². The zero-order chi connectivity index (χ0) is 9.41. The monoisotopic (exact) mass is 169 g/mol. The van der Waals surface area contributed by atoms with E-state index in [1.54, 1.807) is 0 Å². The molecule has 0 saturated heterocycles. The Hall–Kier alpha value is -0.0400. The molecule has 0 aromatic heterocycles. The van der Waals surface area contributed by atoms with Crippen molar-refractivity contribution in [2.24, 2.45) is 17.1 Å². The van der Waals surface area contributed by atoms with Crippen molar-refractivity contribution in [3.8, 4) is 0 Å². The molecular weight excluding hydrogens is 146 g/mol. The predicted octanol–water partition coefficient (Wildman–Crippen LogP) is 2.94. The Labute approximate surface area is 76.7 Å². The van der Waals surface area contributed by atoms with Gasteiger partial charge in [-0.25, -0.2) is 0 Å². The van der Waals surface area contributed by atoms with Gasteiger partial charge in [0.15, 0.2) is 0 Å². The molecule has 0 aromatic rings. The maximum absolute atomic E-state index is 6.25. The van der Waals surface area contributed by atoms with Crippen LogP contribution in [0.15, 0.2) is 0 Å². The Morgan fingerprint density at radius 2 is 1.83 bits per heavy atom. The first-order valence-electron chi connectivity index (χ1n) is 5.16. The van der Waals surface area contributed by atoms with Crippen molar-refractivity contribution in [3.63, 3.8) is 0 Å². The van der Waals surface area contributed by atoms with Crippen molar-refractivity contribution in [2.45, 2.75) is 58.9 Å². The van der Waals surface area contributed by atoms with Crippen LogP contribution < -0.4 is 5.73 Å². The summed E-state index contributed by atoms with van der Waals surface area (Å²) in [5.74, 6) is 0.723. The highest BCUT2D eigenvalue weighted by atomic mass is 14.8. The maximum Gasteiger partial charge on any atom is 0.0154 e. The first kappa shape index (κ1) is 10.0. The number of hydrogen-bond donors (Lipinski definition) is 1. The highest BCUT2D eigenvalue weighted by molar-refractivity contribution is 4.95. The molecule has 1 heteroatoms. The second-order valence-electron chi connectivity index (χ2n) is 5.48. The summed E-state index contributed by atoms with van der Waals surface area (Å²) in [5.41, 5.74) is 6.88. The van der Waals surface area contributed by atoms with Gasteiger partial charge in [-0.1, -0.05) is 27.2 Å². The molecule has 2 N–H and O–H groups in total. The van der Waals surface area contributed by atoms with Gasteiger partial charge in [0.25, 0.3) is 0 Å². The molecule has 1 fully saturated rings. The van der Waals surface area contributed by atoms with Crippen LogP contribution in [0.5, 0.6) is 0 Å². The number of hydrogen-bond acceptors (Lipinski definition) is 1. The van der Waals surface area contributed by atoms with E-state index in [0.29, 0.717) is 5.41 Å². The van der Waals surface area contributed by atoms with Crippen LogP contribution in [0.3, 0.4) is 0 Å². The molecular formula is C11H23N. The lowest BCUT2D eigenvalue weighted by molar-refractivity contribution is 0.0995. The van der Waals surface area contributed by atoms with E-state index in [0.717, 1.165) is 5.92 Å². The predicted molar refractivity (Wildman–Crippen MR) is 54.0 cm³/mol. The third-order valence-corrected chi connectivity index (χ3v) is 3.56. The van der Waals surface area contributed by atoms with Crippen molar-refractivity contribution in [3.05, 3.63) is 0 Å². The van der Waals surface area contributed by atoms with Crippen LogP contribution in [-0.4, -0.2) is 5.54 Å². The topological polar surface area (TPSA) is 26.0 Å². The van der Waals surface area contributed by atoms with Crippen molar-refractivity contribution in [2.75, 3.05) is 0 Å². The lowest BCUT2D eigenvalue weighted by atomic mass is 9.63. The molecule has 0 heterocycles. The molecule has 1 aliphatic rings. The average Bonchev–Trinajstić information content (AvgIpc) is 1.95. The molecule has 12 heavy (non-hydrogen) atoms. The van der Waals surface area contributed by atoms with Crippen LogP contribution in [0.2, 0.25) is 0 Å². The largest absolute Gasteiger partial charge is 0.325 e. The zero-order valence-corrected chi connectivity index (χ0v) is 8.98. The Morgan fingerprint density at radius 3 is 2.25 bits per heavy atom. The van der Waals surface area contributed by atoms with Gasteiger partial charge in [0.2, 0.25) is 0 Å². The Balaban J connectivity index is 2.67. The SMILES string of the molecule is CC[C@@H]1CC(C)(C)CC[C@]1(C)N. The second-order valence-corrected chi connectivity index (χ2v) is 5.48. The summed E-state index contributed by atoms with van der Waals surface area (Å²) >= 11 is 0. The van der Waals surface area contributed by atoms with E-state index in [4.69, 9.17) is 5.73 Å². The molecule has 0 unspecified atom stereocenters. The molecule has 1 rings (SSSR count). The van der Waals surface area contributed by atoms with Gasteiger partial charge in [-0.05, 0) is 37.5 Å². The molecule has 0 spiro atoms. The van der Waals surface area contributed by atoms with Gasteiger partial charge < -0.3 is 5.73 Å². The van der Waals surface area contributed by atoms with Crippen LogP contribution in [0.4, 0.5) is 0 Å². The maximum atomic E-state index is 6.25. The van der Waals surface area contributed by atoms with E-state index in [1.807, 2.05) is 0 Å². The third kappa shape index (κ3) is 2.01. The summed E-state index contributed by atoms with van der Waals surface area (Å²) in [5, 5.41) is 0. The van der Waals surface area contributed by atoms with Crippen LogP contribution >= 0.6 is 0 Å². The van der Waals surface area contributed by atoms with Crippen LogP contribution in [0, 0.1) is 11.3 Å². The normalized spacial score (nSPS) is 41.2. The van der Waals surface area contributed by atoms with Crippen molar-refractivity contribution < 1.29 is 0 Å². The van der Waals surface area contributed by atoms with E-state index in [1.165, 1.54) is 25.7 Å². The fourth-order valence-electron chi connectivity index (χ4n) is 2.42. The first-order chi connectivity index (χ1) is 5.37. The zero-order valence-electron chi connectivity index (χ0n) is 8.98. The van der Waals surface area contributed by atoms with E-state index < -0.39 is 0 Å². The average molecular weight is 169 g/mol. The summed E-state index contributed by atoms with van der Waals surface area (Å²) in [7, 11) is 0. The van der Waals surface area contributed by atoms with Gasteiger partial charge in [0, 0.05) is 5.54 Å². The van der Waals surface area contributed by atoms with Crippen LogP contribution in [0.1, 0.15) is 53.4 Å². The molecule has 1 aliphatic carbocycles. The highest BCUT2D eigenvalue weighted by Crippen LogP contribution is 2.43. The van der Waals surface area contributed by atoms with E-state index in [2.05, 4.69) is 27.7 Å². The number of rotatable bonds is 1. The summed E-state index contributed by atoms with van der Waals surface area (Å²) in [6.07, 6.45) is 5.02. The van der Waals surface area contributed by atoms with Gasteiger partial charge >= 0.3 is 0 Å². The smallest absolute Gasteiger partial charge is 0.0154 e. The van der Waals surface area contributed by atoms with Gasteiger partial charge in [-0.3, -0.25) is 0 Å². The Bertz CT molecular complexity index is 158. The van der Waals surface area contributed by atoms with E-state index in [-0.39, 0.29) is 5.54 Å². The molecule has 0 aliphatic heterocycles. The highest BCUT2D eigenvalue weighted by Gasteiger charge is 2.38. The first-order valence-corrected chi connectivity index (χ1v) is 5.16. The molecule has 0 radical (unpaired) electrons. The third-order valence-electron chi connectivity index (χ3n) is 3.56. The minimum absolute atomic E-state index is 0.101. The molecule has 1 saturated carbocycles. The second kappa shape index (κ2) is 3.02. The van der Waals surface area contributed by atoms with Gasteiger partial charge in [-0.15, -0.1) is 0 Å². The quantitative estimate of drug-likeness (QED) is 0.641. The molecule has 0 amide bonds. The van der Waals surface area contributed by atoms with Crippen molar-refractivity contribution in [1.82, 2.24) is 0 Å². The van der Waals surface area contributed by atoms with Crippen molar-refractivity contribution in [1.29, 1.82) is 0 Å². The Kier molecular flexibility index (Phi) is 2.53. The van der Waals surface area contributed by atoms with Gasteiger partial charge in [0.05, 0.1) is 0 Å².